The standard InChI is InChI=1S/C32H12BF24.C14H11FNS/c34-25(35,36)13-1-14(26(37,38)39)6-21(5-13)33(22-7-15(27(40,41)42)2-16(8-22)28(43,44)45,23-9-17(29(46,47)48)3-18(10-23)30(49,50)51)24-11-19(31(52,53)54)4-20(12-24)32(55,56)57;15-12-7-4-8-13-14(12)17-10-16(13)9-11-5-2-1-3-6-11/h1-12H;1-8,10H,9H2/q-1;+1. The highest BCUT2D eigenvalue weighted by Crippen LogP contribution is 2.41. The zero-order valence-electron chi connectivity index (χ0n) is 35.7. The van der Waals surface area contributed by atoms with Gasteiger partial charge in [-0.1, -0.05) is 96.3 Å². The lowest BCUT2D eigenvalue weighted by atomic mass is 9.12. The van der Waals surface area contributed by atoms with Gasteiger partial charge in [0, 0.05) is 11.6 Å². The maximum absolute atomic E-state index is 14.2. The third kappa shape index (κ3) is 12.4. The zero-order chi connectivity index (χ0) is 55.6. The molecule has 0 amide bonds. The number of rotatable bonds is 6. The van der Waals surface area contributed by atoms with Gasteiger partial charge in [0.2, 0.25) is 11.0 Å². The largest absolute Gasteiger partial charge is 0.416 e. The Kier molecular flexibility index (Phi) is 14.8. The molecule has 7 aromatic rings. The molecule has 0 fully saturated rings. The SMILES string of the molecule is FC(F)(F)c1cc([B-](c2cc(C(F)(F)F)cc(C(F)(F)F)c2)(c2cc(C(F)(F)F)cc(C(F)(F)F)c2)c2cc(C(F)(F)F)cc(C(F)(F)F)c2)cc(C(F)(F)F)c1.Fc1cccc2c1sc[n+]2Cc1ccccc1. The summed E-state index contributed by atoms with van der Waals surface area (Å²) in [5, 5.41) is 0. The Hall–Kier alpha value is -6.48. The summed E-state index contributed by atoms with van der Waals surface area (Å²) >= 11 is 1.45. The second kappa shape index (κ2) is 19.3. The second-order valence-corrected chi connectivity index (χ2v) is 17.0. The van der Waals surface area contributed by atoms with Crippen LogP contribution in [0.4, 0.5) is 110 Å². The molecule has 28 heteroatoms. The van der Waals surface area contributed by atoms with Crippen molar-refractivity contribution in [2.45, 2.75) is 56.0 Å². The summed E-state index contributed by atoms with van der Waals surface area (Å²) in [7, 11) is 0. The molecule has 0 atom stereocenters. The maximum Gasteiger partial charge on any atom is 0.416 e. The van der Waals surface area contributed by atoms with Crippen LogP contribution >= 0.6 is 11.3 Å². The molecule has 0 radical (unpaired) electrons. The van der Waals surface area contributed by atoms with E-state index in [0.717, 1.165) is 16.8 Å². The first-order valence-electron chi connectivity index (χ1n) is 20.1. The van der Waals surface area contributed by atoms with E-state index in [9.17, 15) is 110 Å². The van der Waals surface area contributed by atoms with Gasteiger partial charge >= 0.3 is 49.4 Å². The van der Waals surface area contributed by atoms with Gasteiger partial charge in [-0.25, -0.2) is 4.39 Å². The van der Waals surface area contributed by atoms with E-state index in [-0.39, 0.29) is 5.82 Å². The fourth-order valence-corrected chi connectivity index (χ4v) is 8.89. The quantitative estimate of drug-likeness (QED) is 0.0888. The smallest absolute Gasteiger partial charge is 0.205 e. The van der Waals surface area contributed by atoms with Crippen molar-refractivity contribution in [2.75, 3.05) is 0 Å². The van der Waals surface area contributed by atoms with Crippen LogP contribution in [0.1, 0.15) is 50.1 Å². The fourth-order valence-electron chi connectivity index (χ4n) is 7.99. The second-order valence-electron chi connectivity index (χ2n) is 16.1. The fraction of sp³-hybridized carbons (Fsp3) is 0.196. The Morgan fingerprint density at radius 2 is 0.608 bits per heavy atom. The first-order valence-corrected chi connectivity index (χ1v) is 20.9. The van der Waals surface area contributed by atoms with Gasteiger partial charge in [0.15, 0.2) is 6.54 Å². The minimum atomic E-state index is -6.13. The predicted octanol–water partition coefficient (Wildman–Crippen LogP) is 14.6. The molecular formula is C46H23BF25NS. The monoisotopic (exact) mass is 1110 g/mol. The van der Waals surface area contributed by atoms with Crippen LogP contribution in [0.15, 0.2) is 127 Å². The molecule has 0 spiro atoms. The number of alkyl halides is 24. The first kappa shape index (κ1) is 56.8. The van der Waals surface area contributed by atoms with E-state index in [0.29, 0.717) is 0 Å². The van der Waals surface area contributed by atoms with Crippen molar-refractivity contribution in [1.29, 1.82) is 0 Å². The molecule has 0 N–H and O–H groups in total. The van der Waals surface area contributed by atoms with Gasteiger partial charge in [0.1, 0.15) is 16.7 Å². The van der Waals surface area contributed by atoms with Gasteiger partial charge in [0.05, 0.1) is 44.5 Å². The van der Waals surface area contributed by atoms with Crippen LogP contribution in [-0.4, -0.2) is 6.15 Å². The average molecular weight is 1110 g/mol. The van der Waals surface area contributed by atoms with E-state index in [1.54, 1.807) is 6.07 Å². The van der Waals surface area contributed by atoms with Gasteiger partial charge in [-0.15, -0.1) is 0 Å². The van der Waals surface area contributed by atoms with Crippen molar-refractivity contribution in [3.63, 3.8) is 0 Å². The summed E-state index contributed by atoms with van der Waals surface area (Å²) in [6.45, 7) is 0.782. The highest BCUT2D eigenvalue weighted by molar-refractivity contribution is 7.20. The van der Waals surface area contributed by atoms with E-state index in [4.69, 9.17) is 0 Å². The van der Waals surface area contributed by atoms with Gasteiger partial charge < -0.3 is 0 Å². The van der Waals surface area contributed by atoms with Crippen molar-refractivity contribution in [2.24, 2.45) is 0 Å². The van der Waals surface area contributed by atoms with E-state index < -0.39 is 195 Å². The molecule has 74 heavy (non-hydrogen) atoms. The molecule has 0 aliphatic carbocycles. The van der Waals surface area contributed by atoms with Crippen LogP contribution in [0.5, 0.6) is 0 Å². The number of benzene rings is 6. The van der Waals surface area contributed by atoms with Crippen molar-refractivity contribution < 1.29 is 114 Å². The van der Waals surface area contributed by atoms with Crippen molar-refractivity contribution in [3.8, 4) is 0 Å². The lowest BCUT2D eigenvalue weighted by molar-refractivity contribution is -0.658. The highest BCUT2D eigenvalue weighted by atomic mass is 32.1. The number of hydrogen-bond acceptors (Lipinski definition) is 1. The Bertz CT molecular complexity index is 2710. The maximum atomic E-state index is 14.2. The van der Waals surface area contributed by atoms with Crippen LogP contribution in [-0.2, 0) is 56.0 Å². The van der Waals surface area contributed by atoms with Gasteiger partial charge in [-0.3, -0.25) is 0 Å². The Labute approximate surface area is 402 Å². The number of thiazole rings is 1. The Balaban J connectivity index is 0.000000436. The molecule has 0 aliphatic heterocycles. The normalized spacial score (nSPS) is 13.5. The third-order valence-corrected chi connectivity index (χ3v) is 12.2. The molecule has 0 aliphatic rings. The van der Waals surface area contributed by atoms with Crippen LogP contribution in [0.25, 0.3) is 10.2 Å². The first-order chi connectivity index (χ1) is 33.6. The summed E-state index contributed by atoms with van der Waals surface area (Å²) in [4.78, 5) is 0. The Morgan fingerprint density at radius 1 is 0.338 bits per heavy atom. The minimum Gasteiger partial charge on any atom is -0.205 e. The predicted molar refractivity (Wildman–Crippen MR) is 218 cm³/mol. The molecular weight excluding hydrogens is 1080 g/mol. The number of nitrogens with zero attached hydrogens (tertiary/aromatic N) is 1. The summed E-state index contributed by atoms with van der Waals surface area (Å²) < 4.78 is 357. The molecule has 0 saturated carbocycles. The Morgan fingerprint density at radius 3 is 0.865 bits per heavy atom. The zero-order valence-corrected chi connectivity index (χ0v) is 36.5. The van der Waals surface area contributed by atoms with Gasteiger partial charge in [0.25, 0.3) is 0 Å². The molecule has 0 bridgehead atoms. The average Bonchev–Trinajstić information content (AvgIpc) is 3.68. The molecule has 0 unspecified atom stereocenters. The molecule has 396 valence electrons. The summed E-state index contributed by atoms with van der Waals surface area (Å²) in [6.07, 6.45) is -54.8. The summed E-state index contributed by atoms with van der Waals surface area (Å²) in [5.74, 6) is -0.140. The highest BCUT2D eigenvalue weighted by Gasteiger charge is 2.47. The summed E-state index contributed by atoms with van der Waals surface area (Å²) in [6, 6.07) is 6.60. The summed E-state index contributed by atoms with van der Waals surface area (Å²) in [5.41, 5.74) is -26.1. The lowest BCUT2D eigenvalue weighted by Gasteiger charge is -2.46. The van der Waals surface area contributed by atoms with Crippen molar-refractivity contribution >= 4 is 49.6 Å². The number of halogens is 25. The number of hydrogen-bond donors (Lipinski definition) is 0. The molecule has 7 rings (SSSR count). The molecule has 0 saturated heterocycles. The van der Waals surface area contributed by atoms with E-state index >= 15 is 0 Å². The van der Waals surface area contributed by atoms with E-state index in [1.807, 2.05) is 29.8 Å². The lowest BCUT2D eigenvalue weighted by Crippen LogP contribution is -2.75. The van der Waals surface area contributed by atoms with Crippen LogP contribution in [0, 0.1) is 5.82 Å². The van der Waals surface area contributed by atoms with Crippen molar-refractivity contribution in [3.05, 3.63) is 183 Å². The molecule has 1 aromatic heterocycles. The van der Waals surface area contributed by atoms with E-state index in [1.165, 1.54) is 23.0 Å². The minimum absolute atomic E-state index is 0.140. The molecule has 6 aromatic carbocycles. The topological polar surface area (TPSA) is 3.88 Å². The van der Waals surface area contributed by atoms with Crippen LogP contribution < -0.4 is 26.4 Å². The number of aromatic nitrogens is 1. The molecule has 1 heterocycles. The third-order valence-electron chi connectivity index (χ3n) is 11.2. The van der Waals surface area contributed by atoms with Gasteiger partial charge in [-0.2, -0.15) is 132 Å². The van der Waals surface area contributed by atoms with Crippen molar-refractivity contribution in [1.82, 2.24) is 0 Å². The van der Waals surface area contributed by atoms with Crippen LogP contribution in [0.2, 0.25) is 0 Å². The van der Waals surface area contributed by atoms with Crippen LogP contribution in [0.3, 0.4) is 0 Å². The molecule has 1 nitrogen and oxygen atoms in total. The van der Waals surface area contributed by atoms with E-state index in [2.05, 4.69) is 16.7 Å². The van der Waals surface area contributed by atoms with Gasteiger partial charge in [-0.05, 0) is 30.3 Å². The number of fused-ring (bicyclic) bond motifs is 1.